The molecule has 78 valence electrons. The molecule has 0 spiro atoms. The molecule has 3 nitrogen and oxygen atoms in total. The number of hydrogen-bond acceptors (Lipinski definition) is 4. The van der Waals surface area contributed by atoms with Crippen molar-refractivity contribution in [3.05, 3.63) is 11.1 Å². The SMILES string of the molecule is COC1(C)CN(c2nc(CCl)cs2)C1. The molecule has 0 aromatic carbocycles. The molecule has 1 aliphatic rings. The number of alkyl halides is 1. The Morgan fingerprint density at radius 2 is 2.43 bits per heavy atom. The molecule has 0 bridgehead atoms. The smallest absolute Gasteiger partial charge is 0.185 e. The molecule has 0 N–H and O–H groups in total. The first kappa shape index (κ1) is 10.2. The van der Waals surface area contributed by atoms with Crippen LogP contribution in [0.25, 0.3) is 0 Å². The highest BCUT2D eigenvalue weighted by Crippen LogP contribution is 2.31. The number of hydrogen-bond donors (Lipinski definition) is 0. The van der Waals surface area contributed by atoms with Gasteiger partial charge in [0.2, 0.25) is 0 Å². The van der Waals surface area contributed by atoms with Gasteiger partial charge in [0.05, 0.1) is 30.3 Å². The third-order valence-electron chi connectivity index (χ3n) is 2.49. The van der Waals surface area contributed by atoms with Gasteiger partial charge in [0.1, 0.15) is 0 Å². The zero-order valence-electron chi connectivity index (χ0n) is 8.29. The fraction of sp³-hybridized carbons (Fsp3) is 0.667. The Morgan fingerprint density at radius 3 is 2.93 bits per heavy atom. The summed E-state index contributed by atoms with van der Waals surface area (Å²) >= 11 is 7.33. The Labute approximate surface area is 92.7 Å². The summed E-state index contributed by atoms with van der Waals surface area (Å²) in [6.45, 7) is 3.94. The lowest BCUT2D eigenvalue weighted by atomic mass is 9.97. The van der Waals surface area contributed by atoms with E-state index < -0.39 is 0 Å². The minimum absolute atomic E-state index is 0.00674. The first-order valence-electron chi connectivity index (χ1n) is 4.47. The highest BCUT2D eigenvalue weighted by atomic mass is 35.5. The van der Waals surface area contributed by atoms with Crippen LogP contribution in [0.2, 0.25) is 0 Å². The monoisotopic (exact) mass is 232 g/mol. The second-order valence-electron chi connectivity index (χ2n) is 3.77. The zero-order chi connectivity index (χ0) is 10.2. The molecular weight excluding hydrogens is 220 g/mol. The van der Waals surface area contributed by atoms with Crippen LogP contribution < -0.4 is 4.90 Å². The number of rotatable bonds is 3. The Hall–Kier alpha value is -0.320. The van der Waals surface area contributed by atoms with Crippen LogP contribution in [0.5, 0.6) is 0 Å². The fourth-order valence-electron chi connectivity index (χ4n) is 1.53. The summed E-state index contributed by atoms with van der Waals surface area (Å²) in [5.41, 5.74) is 0.963. The van der Waals surface area contributed by atoms with Crippen LogP contribution in [0.4, 0.5) is 5.13 Å². The lowest BCUT2D eigenvalue weighted by Crippen LogP contribution is -2.61. The van der Waals surface area contributed by atoms with Crippen molar-refractivity contribution in [3.8, 4) is 0 Å². The summed E-state index contributed by atoms with van der Waals surface area (Å²) < 4.78 is 5.37. The van der Waals surface area contributed by atoms with Crippen molar-refractivity contribution < 1.29 is 4.74 Å². The molecule has 1 saturated heterocycles. The van der Waals surface area contributed by atoms with Crippen molar-refractivity contribution in [3.63, 3.8) is 0 Å². The van der Waals surface area contributed by atoms with Gasteiger partial charge in [-0.05, 0) is 6.92 Å². The van der Waals surface area contributed by atoms with Gasteiger partial charge < -0.3 is 9.64 Å². The molecule has 0 radical (unpaired) electrons. The largest absolute Gasteiger partial charge is 0.375 e. The van der Waals surface area contributed by atoms with E-state index in [0.29, 0.717) is 5.88 Å². The average Bonchev–Trinajstić information content (AvgIpc) is 2.61. The Bertz CT molecular complexity index is 322. The third-order valence-corrected chi connectivity index (χ3v) is 3.71. The van der Waals surface area contributed by atoms with E-state index in [1.165, 1.54) is 0 Å². The van der Waals surface area contributed by atoms with E-state index in [4.69, 9.17) is 16.3 Å². The Morgan fingerprint density at radius 1 is 1.71 bits per heavy atom. The highest BCUT2D eigenvalue weighted by Gasteiger charge is 2.40. The maximum atomic E-state index is 5.69. The van der Waals surface area contributed by atoms with Gasteiger partial charge in [-0.1, -0.05) is 0 Å². The average molecular weight is 233 g/mol. The molecule has 1 fully saturated rings. The van der Waals surface area contributed by atoms with Gasteiger partial charge in [-0.25, -0.2) is 4.98 Å². The van der Waals surface area contributed by atoms with Gasteiger partial charge in [-0.2, -0.15) is 0 Å². The van der Waals surface area contributed by atoms with E-state index in [-0.39, 0.29) is 5.60 Å². The summed E-state index contributed by atoms with van der Waals surface area (Å²) in [4.78, 5) is 6.62. The molecule has 0 unspecified atom stereocenters. The molecule has 0 atom stereocenters. The van der Waals surface area contributed by atoms with Crippen LogP contribution in [0.3, 0.4) is 0 Å². The fourth-order valence-corrected chi connectivity index (χ4v) is 2.58. The van der Waals surface area contributed by atoms with Gasteiger partial charge in [0.25, 0.3) is 0 Å². The summed E-state index contributed by atoms with van der Waals surface area (Å²) in [5.74, 6) is 0.492. The number of ether oxygens (including phenoxy) is 1. The standard InChI is InChI=1S/C9H13ClN2OS/c1-9(13-2)5-12(6-9)8-11-7(3-10)4-14-8/h4H,3,5-6H2,1-2H3. The van der Waals surface area contributed by atoms with Gasteiger partial charge in [0, 0.05) is 12.5 Å². The number of thiazole rings is 1. The van der Waals surface area contributed by atoms with Crippen molar-refractivity contribution in [1.82, 2.24) is 4.98 Å². The summed E-state index contributed by atoms with van der Waals surface area (Å²) in [7, 11) is 1.75. The molecule has 1 aliphatic heterocycles. The van der Waals surface area contributed by atoms with Crippen LogP contribution in [0, 0.1) is 0 Å². The summed E-state index contributed by atoms with van der Waals surface area (Å²) in [6.07, 6.45) is 0. The molecule has 1 aromatic rings. The Balaban J connectivity index is 1.99. The van der Waals surface area contributed by atoms with Crippen LogP contribution in [-0.2, 0) is 10.6 Å². The predicted molar refractivity (Wildman–Crippen MR) is 59.3 cm³/mol. The van der Waals surface area contributed by atoms with E-state index in [0.717, 1.165) is 23.9 Å². The van der Waals surface area contributed by atoms with Crippen molar-refractivity contribution in [1.29, 1.82) is 0 Å². The normalized spacial score (nSPS) is 19.5. The molecule has 14 heavy (non-hydrogen) atoms. The minimum Gasteiger partial charge on any atom is -0.375 e. The second-order valence-corrected chi connectivity index (χ2v) is 4.87. The van der Waals surface area contributed by atoms with E-state index in [1.54, 1.807) is 18.4 Å². The molecular formula is C9H13ClN2OS. The van der Waals surface area contributed by atoms with Gasteiger partial charge in [-0.15, -0.1) is 22.9 Å². The molecule has 0 amide bonds. The topological polar surface area (TPSA) is 25.4 Å². The van der Waals surface area contributed by atoms with Crippen LogP contribution >= 0.6 is 22.9 Å². The first-order valence-corrected chi connectivity index (χ1v) is 5.89. The molecule has 1 aromatic heterocycles. The number of halogens is 1. The van der Waals surface area contributed by atoms with Crippen molar-refractivity contribution in [2.45, 2.75) is 18.4 Å². The van der Waals surface area contributed by atoms with E-state index in [1.807, 2.05) is 5.38 Å². The lowest BCUT2D eigenvalue weighted by molar-refractivity contribution is -0.0167. The molecule has 2 rings (SSSR count). The quantitative estimate of drug-likeness (QED) is 0.747. The van der Waals surface area contributed by atoms with E-state index >= 15 is 0 Å². The zero-order valence-corrected chi connectivity index (χ0v) is 9.86. The summed E-state index contributed by atoms with van der Waals surface area (Å²) in [5, 5.41) is 3.06. The summed E-state index contributed by atoms with van der Waals surface area (Å²) in [6, 6.07) is 0. The third kappa shape index (κ3) is 1.74. The van der Waals surface area contributed by atoms with Gasteiger partial charge in [0.15, 0.2) is 5.13 Å². The maximum Gasteiger partial charge on any atom is 0.185 e. The second kappa shape index (κ2) is 3.68. The van der Waals surface area contributed by atoms with E-state index in [2.05, 4.69) is 16.8 Å². The van der Waals surface area contributed by atoms with Crippen LogP contribution in [0.15, 0.2) is 5.38 Å². The van der Waals surface area contributed by atoms with Crippen LogP contribution in [0.1, 0.15) is 12.6 Å². The Kier molecular flexibility index (Phi) is 2.68. The van der Waals surface area contributed by atoms with Crippen molar-refractivity contribution in [2.75, 3.05) is 25.1 Å². The highest BCUT2D eigenvalue weighted by molar-refractivity contribution is 7.13. The van der Waals surface area contributed by atoms with Crippen molar-refractivity contribution in [2.24, 2.45) is 0 Å². The minimum atomic E-state index is 0.00674. The van der Waals surface area contributed by atoms with E-state index in [9.17, 15) is 0 Å². The molecule has 0 aliphatic carbocycles. The lowest BCUT2D eigenvalue weighted by Gasteiger charge is -2.46. The molecule has 2 heterocycles. The molecule has 5 heteroatoms. The number of nitrogens with zero attached hydrogens (tertiary/aromatic N) is 2. The van der Waals surface area contributed by atoms with Gasteiger partial charge in [-0.3, -0.25) is 0 Å². The maximum absolute atomic E-state index is 5.69. The number of aromatic nitrogens is 1. The predicted octanol–water partition coefficient (Wildman–Crippen LogP) is 2.11. The molecule has 0 saturated carbocycles. The van der Waals surface area contributed by atoms with Gasteiger partial charge >= 0.3 is 0 Å². The first-order chi connectivity index (χ1) is 6.67. The van der Waals surface area contributed by atoms with Crippen molar-refractivity contribution >= 4 is 28.1 Å². The number of anilines is 1. The van der Waals surface area contributed by atoms with Crippen LogP contribution in [-0.4, -0.2) is 30.8 Å². The number of methoxy groups -OCH3 is 1.